The van der Waals surface area contributed by atoms with Gasteiger partial charge in [0.15, 0.2) is 0 Å². The molecular formula is C47H56N8O6. The van der Waals surface area contributed by atoms with E-state index in [-0.39, 0.29) is 41.6 Å². The molecule has 14 nitrogen and oxygen atoms in total. The molecule has 3 fully saturated rings. The summed E-state index contributed by atoms with van der Waals surface area (Å²) < 4.78 is 10.3. The molecule has 0 saturated carbocycles. The van der Waals surface area contributed by atoms with Gasteiger partial charge in [-0.2, -0.15) is 0 Å². The second-order valence-corrected chi connectivity index (χ2v) is 17.0. The third-order valence-corrected chi connectivity index (χ3v) is 12.6. The number of nitrogens with zero attached hydrogens (tertiary/aromatic N) is 4. The van der Waals surface area contributed by atoms with Crippen molar-refractivity contribution in [3.05, 3.63) is 82.7 Å². The van der Waals surface area contributed by atoms with Gasteiger partial charge in [-0.3, -0.25) is 14.4 Å². The molecule has 4 N–H and O–H groups in total. The normalized spacial score (nSPS) is 19.9. The van der Waals surface area contributed by atoms with Crippen LogP contribution >= 0.6 is 0 Å². The minimum atomic E-state index is -0.684. The number of amides is 4. The summed E-state index contributed by atoms with van der Waals surface area (Å²) in [5.74, 6) is 7.82. The maximum absolute atomic E-state index is 13.9. The highest BCUT2D eigenvalue weighted by Gasteiger charge is 2.40. The molecule has 1 aliphatic carbocycles. The molecule has 0 radical (unpaired) electrons. The van der Waals surface area contributed by atoms with Crippen LogP contribution < -0.4 is 10.6 Å². The van der Waals surface area contributed by atoms with Crippen LogP contribution in [-0.2, 0) is 36.7 Å². The third kappa shape index (κ3) is 9.08. The number of aromatic amines is 2. The summed E-state index contributed by atoms with van der Waals surface area (Å²) in [6, 6.07) is 12.8. The van der Waals surface area contributed by atoms with Crippen molar-refractivity contribution in [1.82, 2.24) is 40.4 Å². The Morgan fingerprint density at radius 3 is 2.23 bits per heavy atom. The molecule has 3 saturated heterocycles. The number of ether oxygens (including phenoxy) is 2. The number of H-pyrrole nitrogens is 2. The van der Waals surface area contributed by atoms with Crippen molar-refractivity contribution in [2.75, 3.05) is 33.4 Å². The van der Waals surface area contributed by atoms with Crippen molar-refractivity contribution in [1.29, 1.82) is 0 Å². The van der Waals surface area contributed by atoms with E-state index in [9.17, 15) is 19.2 Å². The van der Waals surface area contributed by atoms with Crippen molar-refractivity contribution in [3.8, 4) is 34.4 Å². The van der Waals surface area contributed by atoms with Crippen LogP contribution in [0.1, 0.15) is 112 Å². The van der Waals surface area contributed by atoms with Gasteiger partial charge in [-0.1, -0.05) is 43.9 Å². The van der Waals surface area contributed by atoms with Crippen molar-refractivity contribution < 1.29 is 28.7 Å². The first-order valence-electron chi connectivity index (χ1n) is 21.8. The second kappa shape index (κ2) is 18.4. The number of likely N-dealkylation sites (tertiary alicyclic amines) is 2. The summed E-state index contributed by atoms with van der Waals surface area (Å²) in [5, 5.41) is 5.68. The van der Waals surface area contributed by atoms with Gasteiger partial charge in [0, 0.05) is 55.6 Å². The standard InChI is InChI=1S/C47H56N8O6/c1-28(2)40(53-47(59)60-4)45(57)55-23-7-11-39(55)44-50-36-9-5-8-34-26-31(16-19-35(34)42(36)52-44)13-12-30-14-17-32(18-15-30)37-27-48-43(51-37)38-10-6-22-54(38)46(58)41(49-29(3)56)33-20-24-61-25-21-33/h14-19,26-28,33,38-41H,5-11,20-25H2,1-4H3,(H,48,51)(H,49,56)(H,50,52)(H,53,59)/t38?,39-,40-,41-/m0/s1. The van der Waals surface area contributed by atoms with Crippen LogP contribution in [0, 0.1) is 23.7 Å². The smallest absolute Gasteiger partial charge is 0.407 e. The lowest BCUT2D eigenvalue weighted by atomic mass is 9.90. The van der Waals surface area contributed by atoms with Gasteiger partial charge in [0.05, 0.1) is 36.8 Å². The van der Waals surface area contributed by atoms with Crippen LogP contribution in [0.2, 0.25) is 0 Å². The molecule has 3 aliphatic heterocycles. The predicted molar refractivity (Wildman–Crippen MR) is 229 cm³/mol. The molecule has 1 unspecified atom stereocenters. The summed E-state index contributed by atoms with van der Waals surface area (Å²) in [4.78, 5) is 72.5. The van der Waals surface area contributed by atoms with Gasteiger partial charge >= 0.3 is 6.09 Å². The Labute approximate surface area is 357 Å². The van der Waals surface area contributed by atoms with Crippen molar-refractivity contribution in [2.24, 2.45) is 11.8 Å². The van der Waals surface area contributed by atoms with E-state index in [1.54, 1.807) is 0 Å². The number of alkyl carbamates (subject to hydrolysis) is 1. The molecule has 14 heteroatoms. The van der Waals surface area contributed by atoms with E-state index in [0.29, 0.717) is 26.3 Å². The Morgan fingerprint density at radius 1 is 0.836 bits per heavy atom. The van der Waals surface area contributed by atoms with E-state index in [2.05, 4.69) is 44.6 Å². The Morgan fingerprint density at radius 2 is 1.52 bits per heavy atom. The van der Waals surface area contributed by atoms with Crippen LogP contribution in [-0.4, -0.2) is 99.0 Å². The molecule has 320 valence electrons. The number of imidazole rings is 2. The van der Waals surface area contributed by atoms with Crippen molar-refractivity contribution >= 4 is 23.8 Å². The number of nitrogens with one attached hydrogen (secondary N) is 4. The fraction of sp³-hybridized carbons (Fsp3) is 0.489. The minimum absolute atomic E-state index is 0.0474. The fourth-order valence-corrected chi connectivity index (χ4v) is 9.42. The van der Waals surface area contributed by atoms with Gasteiger partial charge < -0.3 is 39.9 Å². The van der Waals surface area contributed by atoms with Crippen molar-refractivity contribution in [2.45, 2.75) is 103 Å². The number of rotatable bonds is 9. The molecule has 4 aromatic rings. The molecule has 61 heavy (non-hydrogen) atoms. The van der Waals surface area contributed by atoms with Gasteiger partial charge in [0.1, 0.15) is 23.7 Å². The Balaban J connectivity index is 0.938. The lowest BCUT2D eigenvalue weighted by Crippen LogP contribution is -2.52. The number of benzene rings is 2. The van der Waals surface area contributed by atoms with Gasteiger partial charge in [-0.05, 0) is 105 Å². The van der Waals surface area contributed by atoms with Crippen LogP contribution in [0.3, 0.4) is 0 Å². The van der Waals surface area contributed by atoms with E-state index in [4.69, 9.17) is 19.4 Å². The molecule has 4 aliphatic rings. The monoisotopic (exact) mass is 828 g/mol. The van der Waals surface area contributed by atoms with Crippen LogP contribution in [0.15, 0.2) is 48.7 Å². The number of methoxy groups -OCH3 is 1. The highest BCUT2D eigenvalue weighted by atomic mass is 16.5. The van der Waals surface area contributed by atoms with Crippen LogP contribution in [0.25, 0.3) is 22.5 Å². The third-order valence-electron chi connectivity index (χ3n) is 12.6. The first kappa shape index (κ1) is 41.8. The number of hydrogen-bond acceptors (Lipinski definition) is 8. The molecule has 0 bridgehead atoms. The molecular weight excluding hydrogens is 773 g/mol. The number of aromatic nitrogens is 4. The fourth-order valence-electron chi connectivity index (χ4n) is 9.42. The second-order valence-electron chi connectivity index (χ2n) is 17.0. The zero-order chi connectivity index (χ0) is 42.6. The Hall–Kier alpha value is -5.94. The molecule has 2 aromatic heterocycles. The largest absolute Gasteiger partial charge is 0.453 e. The molecule has 0 spiro atoms. The summed E-state index contributed by atoms with van der Waals surface area (Å²) in [6.07, 6.45) is 8.76. The zero-order valence-electron chi connectivity index (χ0n) is 35.5. The van der Waals surface area contributed by atoms with E-state index >= 15 is 0 Å². The van der Waals surface area contributed by atoms with Gasteiger partial charge in [0.2, 0.25) is 17.7 Å². The van der Waals surface area contributed by atoms with E-state index in [1.807, 2.05) is 60.2 Å². The summed E-state index contributed by atoms with van der Waals surface area (Å²) in [6.45, 7) is 7.73. The quantitative estimate of drug-likeness (QED) is 0.149. The Kier molecular flexibility index (Phi) is 12.6. The number of aryl methyl sites for hydroxylation is 2. The zero-order valence-corrected chi connectivity index (χ0v) is 35.5. The molecule has 8 rings (SSSR count). The maximum atomic E-state index is 13.9. The minimum Gasteiger partial charge on any atom is -0.453 e. The average Bonchev–Trinajstić information content (AvgIpc) is 4.10. The average molecular weight is 829 g/mol. The summed E-state index contributed by atoms with van der Waals surface area (Å²) >= 11 is 0. The van der Waals surface area contributed by atoms with E-state index in [1.165, 1.54) is 19.6 Å². The first-order valence-corrected chi connectivity index (χ1v) is 21.8. The molecule has 4 atom stereocenters. The molecule has 5 heterocycles. The number of fused-ring (bicyclic) bond motifs is 3. The maximum Gasteiger partial charge on any atom is 0.407 e. The Bertz CT molecular complexity index is 2320. The molecule has 2 aromatic carbocycles. The lowest BCUT2D eigenvalue weighted by Gasteiger charge is -2.34. The van der Waals surface area contributed by atoms with E-state index in [0.717, 1.165) is 109 Å². The number of carbonyl (C=O) groups excluding carboxylic acids is 4. The van der Waals surface area contributed by atoms with Crippen LogP contribution in [0.4, 0.5) is 4.79 Å². The van der Waals surface area contributed by atoms with Gasteiger partial charge in [0.25, 0.3) is 0 Å². The highest BCUT2D eigenvalue weighted by Crippen LogP contribution is 2.38. The highest BCUT2D eigenvalue weighted by molar-refractivity contribution is 5.88. The number of carbonyl (C=O) groups is 4. The van der Waals surface area contributed by atoms with E-state index < -0.39 is 18.2 Å². The predicted octanol–water partition coefficient (Wildman–Crippen LogP) is 5.99. The van der Waals surface area contributed by atoms with Gasteiger partial charge in [-0.15, -0.1) is 0 Å². The topological polar surface area (TPSA) is 175 Å². The van der Waals surface area contributed by atoms with Crippen LogP contribution in [0.5, 0.6) is 0 Å². The number of hydrogen-bond donors (Lipinski definition) is 4. The lowest BCUT2D eigenvalue weighted by molar-refractivity contribution is -0.139. The SMILES string of the molecule is COC(=O)N[C@H](C(=O)N1CCC[C@H]1c1nc2c([nH]1)CCCc1cc(C#Cc3ccc(-c4cnc(C5CCCN5C(=O)[C@@H](NC(C)=O)C5CCOCC5)[nH]4)cc3)ccc1-2)C(C)C. The summed E-state index contributed by atoms with van der Waals surface area (Å²) in [5.41, 5.74) is 7.96. The molecule has 4 amide bonds. The van der Waals surface area contributed by atoms with Crippen molar-refractivity contribution in [3.63, 3.8) is 0 Å². The summed E-state index contributed by atoms with van der Waals surface area (Å²) in [7, 11) is 1.30. The first-order chi connectivity index (χ1) is 29.6. The van der Waals surface area contributed by atoms with Gasteiger partial charge in [-0.25, -0.2) is 14.8 Å².